The highest BCUT2D eigenvalue weighted by Crippen LogP contribution is 2.52. The number of anilines is 1. The number of pyridine rings is 1. The zero-order chi connectivity index (χ0) is 41.5. The van der Waals surface area contributed by atoms with Crippen LogP contribution in [0.5, 0.6) is 11.5 Å². The number of likely N-dealkylation sites (tertiary alicyclic amines) is 1. The van der Waals surface area contributed by atoms with E-state index in [9.17, 15) is 24.3 Å². The fraction of sp³-hybridized carbons (Fsp3) is 0.571. The molecule has 1 aromatic carbocycles. The number of hydrogen-bond acceptors (Lipinski definition) is 12. The fourth-order valence-electron chi connectivity index (χ4n) is 8.19. The van der Waals surface area contributed by atoms with Gasteiger partial charge in [-0.2, -0.15) is 0 Å². The number of amides is 3. The highest BCUT2D eigenvalue weighted by Gasteiger charge is 2.61. The Hall–Kier alpha value is -4.96. The Bertz CT molecular complexity index is 2060. The summed E-state index contributed by atoms with van der Waals surface area (Å²) in [6.07, 6.45) is 2.98. The van der Waals surface area contributed by atoms with Gasteiger partial charge in [0.1, 0.15) is 53.6 Å². The van der Waals surface area contributed by atoms with Crippen molar-refractivity contribution in [3.05, 3.63) is 42.3 Å². The summed E-state index contributed by atoms with van der Waals surface area (Å²) in [7, 11) is 1.60. The number of carbonyl (C=O) groups excluding carboxylic acids is 3. The van der Waals surface area contributed by atoms with Crippen molar-refractivity contribution in [3.63, 3.8) is 0 Å². The van der Waals surface area contributed by atoms with Crippen LogP contribution in [-0.4, -0.2) is 107 Å². The Kier molecular flexibility index (Phi) is 11.6. The van der Waals surface area contributed by atoms with Gasteiger partial charge in [-0.05, 0) is 68.9 Å². The molecule has 3 saturated carbocycles. The van der Waals surface area contributed by atoms with Crippen molar-refractivity contribution in [1.29, 1.82) is 0 Å². The quantitative estimate of drug-likeness (QED) is 0.103. The lowest BCUT2D eigenvalue weighted by molar-refractivity contribution is -0.146. The van der Waals surface area contributed by atoms with Crippen LogP contribution in [0.3, 0.4) is 0 Å². The molecule has 4 aliphatic rings. The molecule has 0 unspecified atom stereocenters. The van der Waals surface area contributed by atoms with Gasteiger partial charge in [-0.3, -0.25) is 9.59 Å². The van der Waals surface area contributed by atoms with Crippen molar-refractivity contribution < 1.29 is 43.2 Å². The third-order valence-electron chi connectivity index (χ3n) is 11.5. The number of fused-ring (bicyclic) bond motifs is 2. The molecule has 58 heavy (non-hydrogen) atoms. The second-order valence-corrected chi connectivity index (χ2v) is 18.2. The van der Waals surface area contributed by atoms with Gasteiger partial charge in [0.05, 0.1) is 24.4 Å². The minimum absolute atomic E-state index is 0.0201. The van der Waals surface area contributed by atoms with Gasteiger partial charge in [-0.15, -0.1) is 17.9 Å². The Morgan fingerprint density at radius 1 is 1.05 bits per heavy atom. The predicted octanol–water partition coefficient (Wildman–Crippen LogP) is 5.64. The van der Waals surface area contributed by atoms with Gasteiger partial charge in [0.2, 0.25) is 11.8 Å². The van der Waals surface area contributed by atoms with Gasteiger partial charge in [0.25, 0.3) is 0 Å². The summed E-state index contributed by atoms with van der Waals surface area (Å²) in [5.74, 6) is -0.521. The van der Waals surface area contributed by atoms with E-state index in [-0.39, 0.29) is 31.5 Å². The Morgan fingerprint density at radius 3 is 2.47 bits per heavy atom. The van der Waals surface area contributed by atoms with E-state index >= 15 is 0 Å². The van der Waals surface area contributed by atoms with Gasteiger partial charge in [0, 0.05) is 48.4 Å². The molecule has 0 spiro atoms. The first-order chi connectivity index (χ1) is 27.6. The molecule has 8 atom stereocenters. The average molecular weight is 819 g/mol. The average Bonchev–Trinajstić information content (AvgIpc) is 3.83. The molecule has 1 aliphatic heterocycles. The molecule has 2 aromatic heterocycles. The van der Waals surface area contributed by atoms with E-state index in [0.29, 0.717) is 58.8 Å². The zero-order valence-electron chi connectivity index (χ0n) is 33.9. The standard InChI is InChI=1S/C42H54N6O9S/c1-8-25-19-42(25,38(51)52)47-36(49)33-17-28(20-48(33)37(50)35(41(4,5)6)46-40(53)57-27-14-23-13-24(23)15-27)56-34-18-31(32-21-58-39(45-32)43-22(2)3)44-30-16-26(9-10-29(30)34)55-12-11-54-7/h8-10,16,18,21-25,27-28,33,35H,1,11-15,17,19-20H2,2-7H3,(H,43,45)(H,46,53)(H,47,49)(H,51,52)/t23-,24+,25-,27-,28-,33+,35-,42-/m1/s1. The van der Waals surface area contributed by atoms with Gasteiger partial charge in [0.15, 0.2) is 5.13 Å². The molecule has 15 nitrogen and oxygen atoms in total. The van der Waals surface area contributed by atoms with E-state index in [1.54, 1.807) is 13.2 Å². The number of carbonyl (C=O) groups is 4. The number of aliphatic carboxylic acids is 1. The maximum Gasteiger partial charge on any atom is 0.408 e. The highest BCUT2D eigenvalue weighted by atomic mass is 32.1. The molecule has 1 saturated heterocycles. The minimum Gasteiger partial charge on any atom is -0.491 e. The molecule has 312 valence electrons. The van der Waals surface area contributed by atoms with Crippen LogP contribution in [0, 0.1) is 23.2 Å². The summed E-state index contributed by atoms with van der Waals surface area (Å²) in [6, 6.07) is 5.26. The van der Waals surface area contributed by atoms with Crippen LogP contribution in [0.15, 0.2) is 42.3 Å². The zero-order valence-corrected chi connectivity index (χ0v) is 34.7. The van der Waals surface area contributed by atoms with E-state index < -0.39 is 58.9 Å². The molecule has 7 rings (SSSR count). The van der Waals surface area contributed by atoms with Crippen LogP contribution in [0.4, 0.5) is 9.93 Å². The summed E-state index contributed by atoms with van der Waals surface area (Å²) < 4.78 is 23.6. The van der Waals surface area contributed by atoms with Crippen LogP contribution < -0.4 is 25.4 Å². The molecule has 4 fully saturated rings. The SMILES string of the molecule is C=C[C@@H]1C[C@]1(NC(=O)[C@@H]1C[C@@H](Oc2cc(-c3csc(NC(C)C)n3)nc3cc(OCCOC)ccc23)CN1C(=O)[C@@H](NC(=O)O[C@H]1C[C@@H]2C[C@@H]2C1)C(C)(C)C)C(=O)O. The number of alkyl carbamates (subject to hydrolysis) is 1. The number of nitrogens with zero attached hydrogens (tertiary/aromatic N) is 3. The molecule has 3 aliphatic carbocycles. The highest BCUT2D eigenvalue weighted by molar-refractivity contribution is 7.14. The fourth-order valence-corrected chi connectivity index (χ4v) is 9.04. The number of methoxy groups -OCH3 is 1. The number of ether oxygens (including phenoxy) is 4. The van der Waals surface area contributed by atoms with Crippen LogP contribution >= 0.6 is 11.3 Å². The monoisotopic (exact) mass is 818 g/mol. The van der Waals surface area contributed by atoms with Gasteiger partial charge in [-0.25, -0.2) is 19.6 Å². The van der Waals surface area contributed by atoms with Crippen LogP contribution in [0.1, 0.15) is 66.7 Å². The lowest BCUT2D eigenvalue weighted by atomic mass is 9.85. The lowest BCUT2D eigenvalue weighted by Gasteiger charge is -2.35. The van der Waals surface area contributed by atoms with Crippen molar-refractivity contribution in [2.24, 2.45) is 23.2 Å². The molecule has 0 bridgehead atoms. The Labute approximate surface area is 342 Å². The van der Waals surface area contributed by atoms with E-state index in [0.717, 1.165) is 18.0 Å². The number of thiazole rings is 1. The number of carboxylic acids is 1. The van der Waals surface area contributed by atoms with Crippen LogP contribution in [0.25, 0.3) is 22.3 Å². The topological polar surface area (TPSA) is 191 Å². The summed E-state index contributed by atoms with van der Waals surface area (Å²) in [4.78, 5) is 65.7. The Morgan fingerprint density at radius 2 is 1.81 bits per heavy atom. The lowest BCUT2D eigenvalue weighted by Crippen LogP contribution is -2.59. The maximum atomic E-state index is 14.7. The van der Waals surface area contributed by atoms with E-state index in [2.05, 4.69) is 22.5 Å². The summed E-state index contributed by atoms with van der Waals surface area (Å²) in [5.41, 5.74) is -0.539. The van der Waals surface area contributed by atoms with Crippen molar-refractivity contribution in [3.8, 4) is 22.9 Å². The molecule has 16 heteroatoms. The summed E-state index contributed by atoms with van der Waals surface area (Å²) in [5, 5.41) is 22.3. The number of hydrogen-bond donors (Lipinski definition) is 4. The third-order valence-corrected chi connectivity index (χ3v) is 12.3. The van der Waals surface area contributed by atoms with E-state index in [4.69, 9.17) is 28.9 Å². The largest absolute Gasteiger partial charge is 0.491 e. The van der Waals surface area contributed by atoms with E-state index in [1.807, 2.05) is 58.2 Å². The first kappa shape index (κ1) is 41.2. The number of carboxylic acid groups (broad SMARTS) is 1. The smallest absolute Gasteiger partial charge is 0.408 e. The number of aromatic nitrogens is 2. The number of benzene rings is 1. The van der Waals surface area contributed by atoms with Crippen LogP contribution in [-0.2, 0) is 23.9 Å². The van der Waals surface area contributed by atoms with Crippen LogP contribution in [0.2, 0.25) is 0 Å². The van der Waals surface area contributed by atoms with Crippen molar-refractivity contribution in [2.45, 2.75) is 103 Å². The minimum atomic E-state index is -1.52. The van der Waals surface area contributed by atoms with Gasteiger partial charge < -0.3 is 44.9 Å². The second-order valence-electron chi connectivity index (χ2n) is 17.4. The summed E-state index contributed by atoms with van der Waals surface area (Å²) >= 11 is 1.46. The molecule has 3 aromatic rings. The molecule has 3 amide bonds. The van der Waals surface area contributed by atoms with Gasteiger partial charge >= 0.3 is 12.1 Å². The maximum absolute atomic E-state index is 14.7. The normalized spacial score (nSPS) is 26.4. The molecule has 4 N–H and O–H groups in total. The molecule has 3 heterocycles. The first-order valence-corrected chi connectivity index (χ1v) is 20.9. The first-order valence-electron chi connectivity index (χ1n) is 20.0. The van der Waals surface area contributed by atoms with Crippen molar-refractivity contribution in [1.82, 2.24) is 25.5 Å². The Balaban J connectivity index is 1.19. The van der Waals surface area contributed by atoms with Crippen molar-refractivity contribution >= 4 is 51.2 Å². The predicted molar refractivity (Wildman–Crippen MR) is 218 cm³/mol. The number of nitrogens with one attached hydrogen (secondary N) is 3. The molecule has 0 radical (unpaired) electrons. The van der Waals surface area contributed by atoms with Crippen molar-refractivity contribution in [2.75, 3.05) is 32.2 Å². The molecular formula is C42H54N6O9S. The number of rotatable bonds is 16. The third kappa shape index (κ3) is 8.87. The van der Waals surface area contributed by atoms with Gasteiger partial charge in [-0.1, -0.05) is 26.8 Å². The molecular weight excluding hydrogens is 765 g/mol. The summed E-state index contributed by atoms with van der Waals surface area (Å²) in [6.45, 7) is 14.0. The van der Waals surface area contributed by atoms with E-state index in [1.165, 1.54) is 28.7 Å². The second kappa shape index (κ2) is 16.4.